The third-order valence-electron chi connectivity index (χ3n) is 3.82. The van der Waals surface area contributed by atoms with Crippen molar-refractivity contribution in [2.45, 2.75) is 31.6 Å². The van der Waals surface area contributed by atoms with E-state index in [2.05, 4.69) is 28.7 Å². The minimum Gasteiger partial charge on any atom is -0.303 e. The van der Waals surface area contributed by atoms with Gasteiger partial charge in [-0.3, -0.25) is 4.98 Å². The molecule has 1 aliphatic carbocycles. The number of pyridine rings is 1. The Bertz CT molecular complexity index is 562. The molecule has 3 heteroatoms. The number of aryl methyl sites for hydroxylation is 1. The Balaban J connectivity index is 2.02. The van der Waals surface area contributed by atoms with E-state index in [4.69, 9.17) is 0 Å². The minimum atomic E-state index is 0.00681. The van der Waals surface area contributed by atoms with Gasteiger partial charge < -0.3 is 4.79 Å². The molecule has 2 heterocycles. The van der Waals surface area contributed by atoms with Gasteiger partial charge in [-0.25, -0.2) is 0 Å². The number of nitrogens with zero attached hydrogens (tertiary/aromatic N) is 1. The van der Waals surface area contributed by atoms with Crippen molar-refractivity contribution in [3.8, 4) is 0 Å². The second-order valence-electron chi connectivity index (χ2n) is 4.92. The highest BCUT2D eigenvalue weighted by molar-refractivity contribution is 7.07. The maximum absolute atomic E-state index is 11.4. The maximum Gasteiger partial charge on any atom is 0.127 e. The topological polar surface area (TPSA) is 30.0 Å². The first kappa shape index (κ1) is 11.6. The van der Waals surface area contributed by atoms with E-state index >= 15 is 0 Å². The van der Waals surface area contributed by atoms with Gasteiger partial charge in [0, 0.05) is 17.8 Å². The molecule has 2 aromatic rings. The van der Waals surface area contributed by atoms with Crippen LogP contribution in [0.5, 0.6) is 0 Å². The molecular weight excluding hydrogens is 242 g/mol. The van der Waals surface area contributed by atoms with Crippen LogP contribution >= 0.6 is 11.3 Å². The third kappa shape index (κ3) is 1.89. The number of aromatic nitrogens is 1. The summed E-state index contributed by atoms with van der Waals surface area (Å²) in [4.78, 5) is 15.8. The zero-order valence-corrected chi connectivity index (χ0v) is 11.1. The fraction of sp³-hybridized carbons (Fsp3) is 0.333. The molecule has 2 aromatic heterocycles. The summed E-state index contributed by atoms with van der Waals surface area (Å²) in [5.74, 6) is 0.445. The largest absolute Gasteiger partial charge is 0.303 e. The van der Waals surface area contributed by atoms with Crippen molar-refractivity contribution in [3.05, 3.63) is 51.5 Å². The molecule has 0 aromatic carbocycles. The van der Waals surface area contributed by atoms with Crippen molar-refractivity contribution in [1.82, 2.24) is 4.98 Å². The van der Waals surface area contributed by atoms with Crippen LogP contribution in [-0.4, -0.2) is 11.3 Å². The summed E-state index contributed by atoms with van der Waals surface area (Å²) in [6.07, 6.45) is 4.82. The summed E-state index contributed by atoms with van der Waals surface area (Å²) in [6, 6.07) is 4.16. The molecule has 2 atom stereocenters. The van der Waals surface area contributed by atoms with Gasteiger partial charge in [0.15, 0.2) is 0 Å². The minimum absolute atomic E-state index is 0.00681. The van der Waals surface area contributed by atoms with E-state index in [1.165, 1.54) is 16.7 Å². The molecule has 0 fully saturated rings. The molecule has 0 N–H and O–H groups in total. The van der Waals surface area contributed by atoms with Gasteiger partial charge >= 0.3 is 0 Å². The fourth-order valence-electron chi connectivity index (χ4n) is 2.92. The van der Waals surface area contributed by atoms with Crippen LogP contribution in [-0.2, 0) is 11.2 Å². The number of carbonyl (C=O) groups is 1. The molecule has 18 heavy (non-hydrogen) atoms. The van der Waals surface area contributed by atoms with Gasteiger partial charge in [0.1, 0.15) is 6.29 Å². The molecule has 1 aliphatic rings. The molecule has 0 spiro atoms. The van der Waals surface area contributed by atoms with Crippen molar-refractivity contribution >= 4 is 17.6 Å². The lowest BCUT2D eigenvalue weighted by Gasteiger charge is -2.28. The molecule has 0 saturated carbocycles. The van der Waals surface area contributed by atoms with Crippen molar-refractivity contribution in [2.75, 3.05) is 0 Å². The van der Waals surface area contributed by atoms with Crippen LogP contribution in [0, 0.1) is 6.92 Å². The summed E-state index contributed by atoms with van der Waals surface area (Å²) in [7, 11) is 0. The Morgan fingerprint density at radius 1 is 1.44 bits per heavy atom. The predicted octanol–water partition coefficient (Wildman–Crippen LogP) is 3.46. The number of rotatable bonds is 2. The smallest absolute Gasteiger partial charge is 0.127 e. The Kier molecular flexibility index (Phi) is 3.00. The Hall–Kier alpha value is -1.48. The molecule has 2 unspecified atom stereocenters. The maximum atomic E-state index is 11.4. The lowest BCUT2D eigenvalue weighted by Crippen LogP contribution is -2.20. The van der Waals surface area contributed by atoms with Gasteiger partial charge in [-0.1, -0.05) is 0 Å². The summed E-state index contributed by atoms with van der Waals surface area (Å²) >= 11 is 1.72. The predicted molar refractivity (Wildman–Crippen MR) is 73.2 cm³/mol. The number of fused-ring (bicyclic) bond motifs is 1. The summed E-state index contributed by atoms with van der Waals surface area (Å²) < 4.78 is 0. The van der Waals surface area contributed by atoms with E-state index in [0.717, 1.165) is 24.8 Å². The van der Waals surface area contributed by atoms with Gasteiger partial charge in [0.25, 0.3) is 0 Å². The SMILES string of the molecule is Cc1ccnc2c1C(C=O)CC(c1ccsc1)C2. The number of hydrogen-bond donors (Lipinski definition) is 0. The van der Waals surface area contributed by atoms with E-state index in [9.17, 15) is 4.79 Å². The van der Waals surface area contributed by atoms with E-state index < -0.39 is 0 Å². The third-order valence-corrected chi connectivity index (χ3v) is 4.52. The second-order valence-corrected chi connectivity index (χ2v) is 5.70. The molecule has 0 saturated heterocycles. The summed E-state index contributed by atoms with van der Waals surface area (Å²) in [5, 5.41) is 4.29. The highest BCUT2D eigenvalue weighted by atomic mass is 32.1. The van der Waals surface area contributed by atoms with Gasteiger partial charge in [0.2, 0.25) is 0 Å². The standard InChI is InChI=1S/C15H15NOS/c1-10-2-4-16-14-7-12(11-3-5-18-9-11)6-13(8-17)15(10)14/h2-5,8-9,12-13H,6-7H2,1H3. The van der Waals surface area contributed by atoms with Crippen LogP contribution in [0.1, 0.15) is 40.6 Å². The van der Waals surface area contributed by atoms with Gasteiger partial charge in [-0.15, -0.1) is 0 Å². The zero-order valence-electron chi connectivity index (χ0n) is 10.3. The van der Waals surface area contributed by atoms with Crippen molar-refractivity contribution in [2.24, 2.45) is 0 Å². The van der Waals surface area contributed by atoms with Gasteiger partial charge in [0.05, 0.1) is 0 Å². The van der Waals surface area contributed by atoms with Gasteiger partial charge in [-0.2, -0.15) is 11.3 Å². The fourth-order valence-corrected chi connectivity index (χ4v) is 3.66. The highest BCUT2D eigenvalue weighted by Crippen LogP contribution is 2.39. The number of hydrogen-bond acceptors (Lipinski definition) is 3. The quantitative estimate of drug-likeness (QED) is 0.771. The van der Waals surface area contributed by atoms with E-state index in [0.29, 0.717) is 5.92 Å². The van der Waals surface area contributed by atoms with Crippen molar-refractivity contribution < 1.29 is 4.79 Å². The first-order chi connectivity index (χ1) is 8.79. The van der Waals surface area contributed by atoms with E-state index in [1.54, 1.807) is 11.3 Å². The molecule has 0 aliphatic heterocycles. The Morgan fingerprint density at radius 3 is 3.06 bits per heavy atom. The van der Waals surface area contributed by atoms with E-state index in [-0.39, 0.29) is 5.92 Å². The molecule has 3 rings (SSSR count). The average Bonchev–Trinajstić information content (AvgIpc) is 2.91. The van der Waals surface area contributed by atoms with Crippen molar-refractivity contribution in [1.29, 1.82) is 0 Å². The molecule has 0 radical (unpaired) electrons. The lowest BCUT2D eigenvalue weighted by atomic mass is 9.76. The summed E-state index contributed by atoms with van der Waals surface area (Å²) in [5.41, 5.74) is 4.82. The number of aldehydes is 1. The number of thiophene rings is 1. The van der Waals surface area contributed by atoms with Crippen LogP contribution in [0.15, 0.2) is 29.1 Å². The van der Waals surface area contributed by atoms with Crippen LogP contribution in [0.25, 0.3) is 0 Å². The number of carbonyl (C=O) groups excluding carboxylic acids is 1. The molecular formula is C15H15NOS. The van der Waals surface area contributed by atoms with Crippen LogP contribution in [0.2, 0.25) is 0 Å². The monoisotopic (exact) mass is 257 g/mol. The van der Waals surface area contributed by atoms with E-state index in [1.807, 2.05) is 12.3 Å². The molecule has 92 valence electrons. The Morgan fingerprint density at radius 2 is 2.33 bits per heavy atom. The van der Waals surface area contributed by atoms with Crippen LogP contribution < -0.4 is 0 Å². The Labute approximate surface area is 111 Å². The zero-order chi connectivity index (χ0) is 12.5. The second kappa shape index (κ2) is 4.65. The first-order valence-corrected chi connectivity index (χ1v) is 7.15. The normalized spacial score (nSPS) is 22.5. The van der Waals surface area contributed by atoms with Crippen LogP contribution in [0.3, 0.4) is 0 Å². The molecule has 0 bridgehead atoms. The molecule has 0 amide bonds. The lowest BCUT2D eigenvalue weighted by molar-refractivity contribution is -0.109. The summed E-state index contributed by atoms with van der Waals surface area (Å²) in [6.45, 7) is 2.07. The van der Waals surface area contributed by atoms with Crippen molar-refractivity contribution in [3.63, 3.8) is 0 Å². The molecule has 2 nitrogen and oxygen atoms in total. The highest BCUT2D eigenvalue weighted by Gasteiger charge is 2.29. The first-order valence-electron chi connectivity index (χ1n) is 6.21. The van der Waals surface area contributed by atoms with Gasteiger partial charge in [-0.05, 0) is 65.3 Å². The van der Waals surface area contributed by atoms with Crippen LogP contribution in [0.4, 0.5) is 0 Å². The average molecular weight is 257 g/mol.